The zero-order chi connectivity index (χ0) is 11.7. The van der Waals surface area contributed by atoms with Gasteiger partial charge < -0.3 is 9.88 Å². The lowest BCUT2D eigenvalue weighted by Gasteiger charge is -2.07. The van der Waals surface area contributed by atoms with Gasteiger partial charge in [0.1, 0.15) is 6.33 Å². The molecule has 0 radical (unpaired) electrons. The van der Waals surface area contributed by atoms with E-state index in [1.807, 2.05) is 18.4 Å². The maximum absolute atomic E-state index is 11.0. The number of fused-ring (bicyclic) bond motifs is 1. The first-order valence-electron chi connectivity index (χ1n) is 5.04. The standard InChI is InChI=1S/C10H13N5O/c1-6(2)15-5-13-8-9(14-7(3)16)11-4-12-10(8)15/h4-6H,1-3H3,(H,11,12,14,16). The summed E-state index contributed by atoms with van der Waals surface area (Å²) in [5, 5.41) is 2.63. The maximum Gasteiger partial charge on any atom is 0.222 e. The summed E-state index contributed by atoms with van der Waals surface area (Å²) in [5.74, 6) is 0.288. The Hall–Kier alpha value is -1.98. The molecule has 0 atom stereocenters. The Morgan fingerprint density at radius 3 is 2.75 bits per heavy atom. The normalized spacial score (nSPS) is 11.0. The fourth-order valence-electron chi connectivity index (χ4n) is 1.49. The predicted octanol–water partition coefficient (Wildman–Crippen LogP) is 1.37. The van der Waals surface area contributed by atoms with Crippen molar-refractivity contribution in [2.45, 2.75) is 26.8 Å². The number of carbonyl (C=O) groups is 1. The van der Waals surface area contributed by atoms with Gasteiger partial charge >= 0.3 is 0 Å². The Bertz CT molecular complexity index is 531. The van der Waals surface area contributed by atoms with Crippen LogP contribution in [0.1, 0.15) is 26.8 Å². The van der Waals surface area contributed by atoms with Crippen molar-refractivity contribution < 1.29 is 4.79 Å². The predicted molar refractivity (Wildman–Crippen MR) is 60.0 cm³/mol. The molecule has 16 heavy (non-hydrogen) atoms. The van der Waals surface area contributed by atoms with E-state index in [1.54, 1.807) is 6.33 Å². The van der Waals surface area contributed by atoms with Crippen LogP contribution in [0.5, 0.6) is 0 Å². The molecule has 6 heteroatoms. The van der Waals surface area contributed by atoms with Crippen molar-refractivity contribution >= 4 is 22.9 Å². The van der Waals surface area contributed by atoms with Crippen LogP contribution in [0.4, 0.5) is 5.82 Å². The lowest BCUT2D eigenvalue weighted by molar-refractivity contribution is -0.114. The Labute approximate surface area is 92.7 Å². The Morgan fingerprint density at radius 2 is 2.12 bits per heavy atom. The molecular weight excluding hydrogens is 206 g/mol. The zero-order valence-electron chi connectivity index (χ0n) is 9.43. The molecule has 0 saturated heterocycles. The molecule has 0 saturated carbocycles. The Morgan fingerprint density at radius 1 is 1.38 bits per heavy atom. The summed E-state index contributed by atoms with van der Waals surface area (Å²) >= 11 is 0. The first-order valence-corrected chi connectivity index (χ1v) is 5.04. The molecule has 0 aliphatic rings. The molecule has 0 fully saturated rings. The lowest BCUT2D eigenvalue weighted by atomic mass is 10.4. The third kappa shape index (κ3) is 1.73. The van der Waals surface area contributed by atoms with Gasteiger partial charge in [0.2, 0.25) is 5.91 Å². The van der Waals surface area contributed by atoms with Gasteiger partial charge in [-0.1, -0.05) is 0 Å². The van der Waals surface area contributed by atoms with E-state index in [-0.39, 0.29) is 11.9 Å². The van der Waals surface area contributed by atoms with E-state index in [2.05, 4.69) is 20.3 Å². The van der Waals surface area contributed by atoms with Crippen molar-refractivity contribution in [3.05, 3.63) is 12.7 Å². The molecule has 0 aliphatic heterocycles. The van der Waals surface area contributed by atoms with E-state index in [0.717, 1.165) is 5.65 Å². The second kappa shape index (κ2) is 3.88. The van der Waals surface area contributed by atoms with Crippen molar-refractivity contribution in [2.75, 3.05) is 5.32 Å². The summed E-state index contributed by atoms with van der Waals surface area (Å²) in [5.41, 5.74) is 1.35. The molecule has 6 nitrogen and oxygen atoms in total. The minimum Gasteiger partial charge on any atom is -0.313 e. The van der Waals surface area contributed by atoms with Crippen LogP contribution >= 0.6 is 0 Å². The number of imidazole rings is 1. The third-order valence-electron chi connectivity index (χ3n) is 2.21. The first-order chi connectivity index (χ1) is 7.59. The van der Waals surface area contributed by atoms with E-state index in [1.165, 1.54) is 13.3 Å². The highest BCUT2D eigenvalue weighted by Crippen LogP contribution is 2.19. The largest absolute Gasteiger partial charge is 0.313 e. The number of nitrogens with one attached hydrogen (secondary N) is 1. The van der Waals surface area contributed by atoms with Crippen molar-refractivity contribution in [3.63, 3.8) is 0 Å². The van der Waals surface area contributed by atoms with Crippen LogP contribution in [0.15, 0.2) is 12.7 Å². The van der Waals surface area contributed by atoms with E-state index in [4.69, 9.17) is 0 Å². The number of aromatic nitrogens is 4. The maximum atomic E-state index is 11.0. The summed E-state index contributed by atoms with van der Waals surface area (Å²) in [4.78, 5) is 23.4. The second-order valence-corrected chi connectivity index (χ2v) is 3.82. The number of hydrogen-bond acceptors (Lipinski definition) is 4. The van der Waals surface area contributed by atoms with Gasteiger partial charge in [0.05, 0.1) is 6.33 Å². The van der Waals surface area contributed by atoms with E-state index >= 15 is 0 Å². The molecule has 0 spiro atoms. The van der Waals surface area contributed by atoms with Gasteiger partial charge in [-0.15, -0.1) is 0 Å². The number of nitrogens with zero attached hydrogens (tertiary/aromatic N) is 4. The van der Waals surface area contributed by atoms with Crippen LogP contribution in [0.3, 0.4) is 0 Å². The monoisotopic (exact) mass is 219 g/mol. The SMILES string of the molecule is CC(=O)Nc1ncnc2c1ncn2C(C)C. The number of amides is 1. The molecule has 0 aliphatic carbocycles. The Kier molecular flexibility index (Phi) is 2.55. The van der Waals surface area contributed by atoms with Gasteiger partial charge in [0, 0.05) is 13.0 Å². The fraction of sp³-hybridized carbons (Fsp3) is 0.400. The average Bonchev–Trinajstić information content (AvgIpc) is 2.61. The highest BCUT2D eigenvalue weighted by molar-refractivity contribution is 5.95. The molecule has 1 N–H and O–H groups in total. The number of hydrogen-bond donors (Lipinski definition) is 1. The molecule has 0 bridgehead atoms. The first kappa shape index (κ1) is 10.5. The molecular formula is C10H13N5O. The molecule has 2 aromatic heterocycles. The van der Waals surface area contributed by atoms with E-state index < -0.39 is 0 Å². The van der Waals surface area contributed by atoms with Gasteiger partial charge in [-0.2, -0.15) is 0 Å². The summed E-state index contributed by atoms with van der Waals surface area (Å²) < 4.78 is 1.93. The van der Waals surface area contributed by atoms with E-state index in [0.29, 0.717) is 11.3 Å². The van der Waals surface area contributed by atoms with Gasteiger partial charge in [-0.3, -0.25) is 4.79 Å². The van der Waals surface area contributed by atoms with Crippen molar-refractivity contribution in [2.24, 2.45) is 0 Å². The lowest BCUT2D eigenvalue weighted by Crippen LogP contribution is -2.08. The van der Waals surface area contributed by atoms with E-state index in [9.17, 15) is 4.79 Å². The van der Waals surface area contributed by atoms with Crippen LogP contribution in [0, 0.1) is 0 Å². The number of anilines is 1. The Balaban J connectivity index is 2.57. The number of carbonyl (C=O) groups excluding carboxylic acids is 1. The summed E-state index contributed by atoms with van der Waals surface area (Å²) in [6, 6.07) is 0.269. The second-order valence-electron chi connectivity index (χ2n) is 3.82. The minimum atomic E-state index is -0.168. The smallest absolute Gasteiger partial charge is 0.222 e. The van der Waals surface area contributed by atoms with Crippen molar-refractivity contribution in [3.8, 4) is 0 Å². The van der Waals surface area contributed by atoms with Crippen molar-refractivity contribution in [1.82, 2.24) is 19.5 Å². The zero-order valence-corrected chi connectivity index (χ0v) is 9.43. The topological polar surface area (TPSA) is 72.7 Å². The molecule has 0 unspecified atom stereocenters. The quantitative estimate of drug-likeness (QED) is 0.827. The van der Waals surface area contributed by atoms with Crippen LogP contribution in [0.2, 0.25) is 0 Å². The molecule has 1 amide bonds. The highest BCUT2D eigenvalue weighted by atomic mass is 16.1. The van der Waals surface area contributed by atoms with Gasteiger partial charge in [-0.05, 0) is 13.8 Å². The molecule has 84 valence electrons. The molecule has 2 aromatic rings. The molecule has 0 aromatic carbocycles. The average molecular weight is 219 g/mol. The van der Waals surface area contributed by atoms with Gasteiger partial charge in [0.25, 0.3) is 0 Å². The minimum absolute atomic E-state index is 0.168. The fourth-order valence-corrected chi connectivity index (χ4v) is 1.49. The van der Waals surface area contributed by atoms with Crippen molar-refractivity contribution in [1.29, 1.82) is 0 Å². The van der Waals surface area contributed by atoms with Crippen LogP contribution in [-0.2, 0) is 4.79 Å². The number of rotatable bonds is 2. The van der Waals surface area contributed by atoms with Crippen LogP contribution < -0.4 is 5.32 Å². The summed E-state index contributed by atoms with van der Waals surface area (Å²) in [6.45, 7) is 5.52. The molecule has 2 heterocycles. The van der Waals surface area contributed by atoms with Gasteiger partial charge in [0.15, 0.2) is 17.0 Å². The highest BCUT2D eigenvalue weighted by Gasteiger charge is 2.11. The molecule has 2 rings (SSSR count). The summed E-state index contributed by atoms with van der Waals surface area (Å²) in [6.07, 6.45) is 3.13. The van der Waals surface area contributed by atoms with Gasteiger partial charge in [-0.25, -0.2) is 15.0 Å². The van der Waals surface area contributed by atoms with Crippen LogP contribution in [-0.4, -0.2) is 25.4 Å². The summed E-state index contributed by atoms with van der Waals surface area (Å²) in [7, 11) is 0. The van der Waals surface area contributed by atoms with Crippen LogP contribution in [0.25, 0.3) is 11.2 Å². The third-order valence-corrected chi connectivity index (χ3v) is 2.21.